The van der Waals surface area contributed by atoms with E-state index in [1.165, 1.54) is 24.3 Å². The lowest BCUT2D eigenvalue weighted by Gasteiger charge is -2.26. The van der Waals surface area contributed by atoms with E-state index in [0.29, 0.717) is 12.4 Å². The van der Waals surface area contributed by atoms with Crippen LogP contribution in [0.2, 0.25) is 0 Å². The number of aromatic nitrogens is 1. The molecule has 2 aromatic carbocycles. The molecule has 0 radical (unpaired) electrons. The standard InChI is InChI=1S/C20H14BrF2N3/c21-16-9-13(10-24-11-16)19-25-12-20(26-19,14-1-5-17(22)6-2-14)15-3-7-18(23)8-4-15/h1-11H,12H2,(H,25,26). The summed E-state index contributed by atoms with van der Waals surface area (Å²) in [4.78, 5) is 9.11. The van der Waals surface area contributed by atoms with Crippen LogP contribution in [0.4, 0.5) is 8.78 Å². The van der Waals surface area contributed by atoms with Crippen molar-refractivity contribution in [1.29, 1.82) is 0 Å². The van der Waals surface area contributed by atoms with Crippen molar-refractivity contribution in [1.82, 2.24) is 10.3 Å². The number of pyridine rings is 1. The molecule has 0 amide bonds. The summed E-state index contributed by atoms with van der Waals surface area (Å²) in [6, 6.07) is 14.4. The molecule has 1 aliphatic heterocycles. The monoisotopic (exact) mass is 413 g/mol. The van der Waals surface area contributed by atoms with E-state index in [1.54, 1.807) is 36.7 Å². The number of hydrogen-bond acceptors (Lipinski definition) is 3. The second kappa shape index (κ2) is 6.61. The first-order valence-electron chi connectivity index (χ1n) is 8.04. The molecular formula is C20H14BrF2N3. The van der Waals surface area contributed by atoms with Crippen LogP contribution in [0, 0.1) is 11.6 Å². The number of hydrogen-bond donors (Lipinski definition) is 1. The van der Waals surface area contributed by atoms with Crippen molar-refractivity contribution < 1.29 is 8.78 Å². The number of amidine groups is 1. The largest absolute Gasteiger partial charge is 0.367 e. The number of aliphatic imine (C=N–C) groups is 1. The van der Waals surface area contributed by atoms with E-state index < -0.39 is 5.54 Å². The number of nitrogens with zero attached hydrogens (tertiary/aromatic N) is 2. The van der Waals surface area contributed by atoms with Gasteiger partial charge in [0.05, 0.1) is 0 Å². The molecule has 0 saturated heterocycles. The van der Waals surface area contributed by atoms with E-state index in [2.05, 4.69) is 26.2 Å². The zero-order chi connectivity index (χ0) is 18.1. The average molecular weight is 414 g/mol. The smallest absolute Gasteiger partial charge is 0.131 e. The van der Waals surface area contributed by atoms with Crippen LogP contribution in [0.15, 0.2) is 76.5 Å². The topological polar surface area (TPSA) is 37.3 Å². The van der Waals surface area contributed by atoms with Crippen LogP contribution in [0.3, 0.4) is 0 Å². The summed E-state index contributed by atoms with van der Waals surface area (Å²) in [5.41, 5.74) is 1.73. The molecule has 0 aliphatic carbocycles. The Morgan fingerprint density at radius 1 is 0.885 bits per heavy atom. The third-order valence-electron chi connectivity index (χ3n) is 4.44. The van der Waals surface area contributed by atoms with Crippen molar-refractivity contribution in [3.8, 4) is 0 Å². The first kappa shape index (κ1) is 16.8. The molecule has 1 aliphatic rings. The molecule has 1 N–H and O–H groups in total. The van der Waals surface area contributed by atoms with Crippen LogP contribution in [0.25, 0.3) is 0 Å². The molecular weight excluding hydrogens is 400 g/mol. The van der Waals surface area contributed by atoms with Gasteiger partial charge in [-0.25, -0.2) is 13.8 Å². The van der Waals surface area contributed by atoms with Gasteiger partial charge in [-0.1, -0.05) is 24.3 Å². The van der Waals surface area contributed by atoms with Gasteiger partial charge < -0.3 is 5.32 Å². The summed E-state index contributed by atoms with van der Waals surface area (Å²) in [6.07, 6.45) is 3.42. The summed E-state index contributed by atoms with van der Waals surface area (Å²) in [6.45, 7) is 0.478. The minimum atomic E-state index is -0.765. The van der Waals surface area contributed by atoms with E-state index in [4.69, 9.17) is 4.99 Å². The van der Waals surface area contributed by atoms with Gasteiger partial charge in [-0.15, -0.1) is 0 Å². The van der Waals surface area contributed by atoms with Gasteiger partial charge in [0.25, 0.3) is 0 Å². The van der Waals surface area contributed by atoms with Crippen molar-refractivity contribution in [3.63, 3.8) is 0 Å². The Labute approximate surface area is 157 Å². The van der Waals surface area contributed by atoms with Crippen LogP contribution < -0.4 is 5.32 Å². The Morgan fingerprint density at radius 2 is 1.46 bits per heavy atom. The van der Waals surface area contributed by atoms with Crippen LogP contribution in [0.1, 0.15) is 16.7 Å². The minimum absolute atomic E-state index is 0.311. The third kappa shape index (κ3) is 3.01. The summed E-state index contributed by atoms with van der Waals surface area (Å²) in [5.74, 6) is 0.0659. The molecule has 2 heterocycles. The van der Waals surface area contributed by atoms with Gasteiger partial charge in [0, 0.05) is 29.0 Å². The van der Waals surface area contributed by atoms with Crippen LogP contribution in [0.5, 0.6) is 0 Å². The van der Waals surface area contributed by atoms with Crippen molar-refractivity contribution in [2.24, 2.45) is 4.99 Å². The molecule has 0 bridgehead atoms. The SMILES string of the molecule is Fc1ccc(C2(c3ccc(F)cc3)CNC(c3cncc(Br)c3)=N2)cc1. The molecule has 0 atom stereocenters. The highest BCUT2D eigenvalue weighted by molar-refractivity contribution is 9.10. The molecule has 3 nitrogen and oxygen atoms in total. The molecule has 0 saturated carbocycles. The highest BCUT2D eigenvalue weighted by Gasteiger charge is 2.39. The Morgan fingerprint density at radius 3 is 2.00 bits per heavy atom. The summed E-state index contributed by atoms with van der Waals surface area (Å²) in [7, 11) is 0. The predicted octanol–water partition coefficient (Wildman–Crippen LogP) is 4.42. The van der Waals surface area contributed by atoms with E-state index in [1.807, 2.05) is 6.07 Å². The van der Waals surface area contributed by atoms with Gasteiger partial charge in [0.15, 0.2) is 0 Å². The van der Waals surface area contributed by atoms with Crippen LogP contribution in [-0.2, 0) is 5.54 Å². The second-order valence-corrected chi connectivity index (χ2v) is 7.00. The molecule has 6 heteroatoms. The van der Waals surface area contributed by atoms with Crippen molar-refractivity contribution in [3.05, 3.63) is 99.8 Å². The fourth-order valence-corrected chi connectivity index (χ4v) is 3.51. The quantitative estimate of drug-likeness (QED) is 0.689. The summed E-state index contributed by atoms with van der Waals surface area (Å²) >= 11 is 3.41. The van der Waals surface area contributed by atoms with Crippen LogP contribution in [-0.4, -0.2) is 17.4 Å². The van der Waals surface area contributed by atoms with Gasteiger partial charge in [0.2, 0.25) is 0 Å². The van der Waals surface area contributed by atoms with E-state index in [-0.39, 0.29) is 11.6 Å². The first-order valence-corrected chi connectivity index (χ1v) is 8.83. The van der Waals surface area contributed by atoms with Gasteiger partial charge in [-0.2, -0.15) is 0 Å². The third-order valence-corrected chi connectivity index (χ3v) is 4.87. The number of halogens is 3. The second-order valence-electron chi connectivity index (χ2n) is 6.08. The van der Waals surface area contributed by atoms with Gasteiger partial charge >= 0.3 is 0 Å². The molecule has 26 heavy (non-hydrogen) atoms. The fourth-order valence-electron chi connectivity index (χ4n) is 3.14. The minimum Gasteiger partial charge on any atom is -0.367 e. The number of rotatable bonds is 3. The maximum absolute atomic E-state index is 13.4. The maximum atomic E-state index is 13.4. The zero-order valence-electron chi connectivity index (χ0n) is 13.6. The lowest BCUT2D eigenvalue weighted by Crippen LogP contribution is -2.31. The van der Waals surface area contributed by atoms with E-state index in [0.717, 1.165) is 21.2 Å². The lowest BCUT2D eigenvalue weighted by atomic mass is 9.84. The Balaban J connectivity index is 1.87. The molecule has 130 valence electrons. The van der Waals surface area contributed by atoms with E-state index in [9.17, 15) is 8.78 Å². The van der Waals surface area contributed by atoms with Crippen molar-refractivity contribution in [2.75, 3.05) is 6.54 Å². The van der Waals surface area contributed by atoms with Gasteiger partial charge in [0.1, 0.15) is 23.0 Å². The maximum Gasteiger partial charge on any atom is 0.131 e. The number of nitrogens with one attached hydrogen (secondary N) is 1. The molecule has 0 fully saturated rings. The van der Waals surface area contributed by atoms with Gasteiger partial charge in [-0.05, 0) is 57.4 Å². The molecule has 0 unspecified atom stereocenters. The van der Waals surface area contributed by atoms with E-state index >= 15 is 0 Å². The van der Waals surface area contributed by atoms with Gasteiger partial charge in [-0.3, -0.25) is 4.98 Å². The summed E-state index contributed by atoms with van der Waals surface area (Å²) in [5, 5.41) is 3.32. The molecule has 3 aromatic rings. The molecule has 4 rings (SSSR count). The fraction of sp³-hybridized carbons (Fsp3) is 0.100. The number of benzene rings is 2. The normalized spacial score (nSPS) is 15.4. The van der Waals surface area contributed by atoms with Crippen LogP contribution >= 0.6 is 15.9 Å². The molecule has 1 aromatic heterocycles. The Hall–Kier alpha value is -2.60. The molecule has 0 spiro atoms. The van der Waals surface area contributed by atoms with Crippen molar-refractivity contribution in [2.45, 2.75) is 5.54 Å². The zero-order valence-corrected chi connectivity index (χ0v) is 15.2. The Bertz CT molecular complexity index is 924. The lowest BCUT2D eigenvalue weighted by molar-refractivity contribution is 0.560. The van der Waals surface area contributed by atoms with Crippen molar-refractivity contribution >= 4 is 21.8 Å². The average Bonchev–Trinajstić information content (AvgIpc) is 3.09. The summed E-state index contributed by atoms with van der Waals surface area (Å²) < 4.78 is 27.7. The highest BCUT2D eigenvalue weighted by Crippen LogP contribution is 2.37. The predicted molar refractivity (Wildman–Crippen MR) is 100 cm³/mol. The first-order chi connectivity index (χ1) is 12.6. The Kier molecular flexibility index (Phi) is 4.28. The highest BCUT2D eigenvalue weighted by atomic mass is 79.9.